The van der Waals surface area contributed by atoms with Gasteiger partial charge in [-0.15, -0.1) is 56.9 Å². The zero-order chi connectivity index (χ0) is 49.0. The molecule has 0 saturated heterocycles. The monoisotopic (exact) mass is 992 g/mol. The van der Waals surface area contributed by atoms with E-state index < -0.39 is 20.8 Å². The first kappa shape index (κ1) is 56.1. The Hall–Kier alpha value is -2.22. The molecule has 0 nitrogen and oxygen atoms in total. The summed E-state index contributed by atoms with van der Waals surface area (Å²) < 4.78 is 0. The number of benzene rings is 4. The molecule has 0 spiro atoms. The van der Waals surface area contributed by atoms with Crippen LogP contribution in [0.4, 0.5) is 0 Å². The average molecular weight is 996 g/mol. The van der Waals surface area contributed by atoms with Gasteiger partial charge in [-0.1, -0.05) is 222 Å². The fraction of sp³-hybridized carbons (Fsp3) is 0.500. The van der Waals surface area contributed by atoms with Crippen LogP contribution in [0.2, 0.25) is 13.1 Å². The second kappa shape index (κ2) is 21.8. The molecule has 0 aliphatic rings. The Morgan fingerprint density at radius 3 is 0.891 bits per heavy atom. The van der Waals surface area contributed by atoms with Crippen LogP contribution in [-0.4, -0.2) is 9.52 Å². The molecule has 0 aromatic heterocycles. The molecule has 0 heterocycles. The molecule has 346 valence electrons. The van der Waals surface area contributed by atoms with E-state index in [9.17, 15) is 0 Å². The Labute approximate surface area is 414 Å². The summed E-state index contributed by atoms with van der Waals surface area (Å²) in [6.07, 6.45) is 2.18. The van der Waals surface area contributed by atoms with Crippen molar-refractivity contribution in [2.45, 2.75) is 186 Å². The second-order valence-corrected chi connectivity index (χ2v) is 29.7. The van der Waals surface area contributed by atoms with Crippen LogP contribution in [0.25, 0.3) is 43.8 Å². The molecule has 0 fully saturated rings. The van der Waals surface area contributed by atoms with E-state index in [2.05, 4.69) is 236 Å². The fourth-order valence-electron chi connectivity index (χ4n) is 8.27. The van der Waals surface area contributed by atoms with E-state index in [0.717, 1.165) is 22.4 Å². The summed E-state index contributed by atoms with van der Waals surface area (Å²) in [5, 5.41) is 5.51. The molecular formula is C60H84Cl2SiZr. The van der Waals surface area contributed by atoms with Crippen molar-refractivity contribution in [1.29, 1.82) is 0 Å². The number of aryl methyl sites for hydroxylation is 2. The Bertz CT molecular complexity index is 2210. The van der Waals surface area contributed by atoms with Crippen LogP contribution < -0.4 is 0 Å². The molecule has 6 aromatic carbocycles. The van der Waals surface area contributed by atoms with E-state index in [-0.39, 0.29) is 32.5 Å². The Morgan fingerprint density at radius 2 is 0.672 bits per heavy atom. The molecule has 6 rings (SSSR count). The van der Waals surface area contributed by atoms with Crippen molar-refractivity contribution in [2.24, 2.45) is 10.8 Å². The third-order valence-corrected chi connectivity index (χ3v) is 11.5. The summed E-state index contributed by atoms with van der Waals surface area (Å²) in [6, 6.07) is 33.6. The number of rotatable bonds is 4. The van der Waals surface area contributed by atoms with Gasteiger partial charge in [0.2, 0.25) is 0 Å². The molecule has 4 heteroatoms. The van der Waals surface area contributed by atoms with Crippen molar-refractivity contribution < 1.29 is 20.8 Å². The van der Waals surface area contributed by atoms with E-state index in [1.54, 1.807) is 0 Å². The van der Waals surface area contributed by atoms with Gasteiger partial charge < -0.3 is 0 Å². The first-order valence-corrected chi connectivity index (χ1v) is 31.7. The summed E-state index contributed by atoms with van der Waals surface area (Å²) in [5.74, 6) is 0. The van der Waals surface area contributed by atoms with Crippen LogP contribution in [0, 0.1) is 24.7 Å². The summed E-state index contributed by atoms with van der Waals surface area (Å²) in [5.41, 5.74) is 17.7. The van der Waals surface area contributed by atoms with Gasteiger partial charge in [0.25, 0.3) is 0 Å². The maximum atomic E-state index is 4.93. The predicted octanol–water partition coefficient (Wildman–Crippen LogP) is 19.6. The van der Waals surface area contributed by atoms with Crippen LogP contribution >= 0.6 is 17.0 Å². The molecule has 0 N–H and O–H groups in total. The van der Waals surface area contributed by atoms with Crippen molar-refractivity contribution in [1.82, 2.24) is 0 Å². The molecule has 0 aliphatic heterocycles. The van der Waals surface area contributed by atoms with Crippen molar-refractivity contribution in [3.05, 3.63) is 129 Å². The zero-order valence-corrected chi connectivity index (χ0v) is 49.2. The van der Waals surface area contributed by atoms with E-state index >= 15 is 0 Å². The maximum absolute atomic E-state index is 4.93. The Kier molecular flexibility index (Phi) is 19.1. The topological polar surface area (TPSA) is 0 Å². The molecule has 0 amide bonds. The molecule has 0 bridgehead atoms. The Morgan fingerprint density at radius 1 is 0.422 bits per heavy atom. The quantitative estimate of drug-likeness (QED) is 0.122. The minimum absolute atomic E-state index is 0.125. The minimum atomic E-state index is -0.826. The van der Waals surface area contributed by atoms with Crippen LogP contribution in [0.1, 0.15) is 169 Å². The van der Waals surface area contributed by atoms with Crippen LogP contribution in [0.5, 0.6) is 0 Å². The van der Waals surface area contributed by atoms with Crippen molar-refractivity contribution >= 4 is 48.1 Å². The average Bonchev–Trinajstić information content (AvgIpc) is 3.69. The van der Waals surface area contributed by atoms with Gasteiger partial charge in [0, 0.05) is 9.52 Å². The summed E-state index contributed by atoms with van der Waals surface area (Å²) >= 11 is -0.826. The first-order valence-electron chi connectivity index (χ1n) is 23.4. The second-order valence-electron chi connectivity index (χ2n) is 25.0. The number of hydrogen-bond donors (Lipinski definition) is 0. The third kappa shape index (κ3) is 16.5. The summed E-state index contributed by atoms with van der Waals surface area (Å²) in [7, 11) is 11.0. The van der Waals surface area contributed by atoms with Crippen molar-refractivity contribution in [3.8, 4) is 22.3 Å². The van der Waals surface area contributed by atoms with Crippen molar-refractivity contribution in [3.63, 3.8) is 0 Å². The molecule has 64 heavy (non-hydrogen) atoms. The van der Waals surface area contributed by atoms with Gasteiger partial charge in [-0.05, 0) is 78.7 Å². The van der Waals surface area contributed by atoms with Gasteiger partial charge in [-0.3, -0.25) is 0 Å². The molecule has 6 aromatic rings. The van der Waals surface area contributed by atoms with Gasteiger partial charge in [0.15, 0.2) is 0 Å². The Balaban J connectivity index is 0.000000303. The van der Waals surface area contributed by atoms with E-state index in [1.807, 2.05) is 0 Å². The van der Waals surface area contributed by atoms with Crippen LogP contribution in [-0.2, 0) is 55.3 Å². The van der Waals surface area contributed by atoms with Gasteiger partial charge >= 0.3 is 37.9 Å². The SMILES string of the molecule is C[Si]C.Cc1cc2c(-c3cc(C(C)(C)C)cc(C(C)(C)C)c3)cc(CC(C)(C)C)cc2[cH-]1.Cc1cc2c(-c3cc(C(C)(C)C)cc(C(C)(C)C)c3)cc(CC(C)(C)C)cc2[cH-]1.[Cl][Zr+2][Cl]. The van der Waals surface area contributed by atoms with Crippen LogP contribution in [0.3, 0.4) is 0 Å². The number of fused-ring (bicyclic) bond motifs is 2. The standard InChI is InChI=1S/2C29H39.C2H6Si.2ClH.Zr/c2*1-19-11-21-13-20(18-27(2,3)4)14-26(25(21)12-19)22-15-23(28(5,6)7)17-24(16-22)29(8,9)10;1-3-2;;;/h2*11-17H,18H2,1-10H3;1-2H3;2*1H;/q2*-1;;;;+4/p-2. The van der Waals surface area contributed by atoms with Crippen LogP contribution in [0.15, 0.2) is 84.9 Å². The normalized spacial score (nSPS) is 12.5. The van der Waals surface area contributed by atoms with E-state index in [4.69, 9.17) is 17.0 Å². The fourth-order valence-corrected chi connectivity index (χ4v) is 8.27. The number of halogens is 2. The molecular weight excluding hydrogens is 911 g/mol. The number of hydrogen-bond acceptors (Lipinski definition) is 0. The summed E-state index contributed by atoms with van der Waals surface area (Å²) in [6.45, 7) is 50.5. The van der Waals surface area contributed by atoms with Gasteiger partial charge in [-0.2, -0.15) is 12.1 Å². The van der Waals surface area contributed by atoms with Gasteiger partial charge in [-0.25, -0.2) is 0 Å². The van der Waals surface area contributed by atoms with Gasteiger partial charge in [0.1, 0.15) is 0 Å². The van der Waals surface area contributed by atoms with E-state index in [0.29, 0.717) is 0 Å². The van der Waals surface area contributed by atoms with Gasteiger partial charge in [0.05, 0.1) is 0 Å². The molecule has 0 unspecified atom stereocenters. The zero-order valence-electron chi connectivity index (χ0n) is 44.3. The first-order chi connectivity index (χ1) is 29.1. The molecule has 0 saturated carbocycles. The molecule has 0 aliphatic carbocycles. The molecule has 2 radical (unpaired) electrons. The third-order valence-electron chi connectivity index (χ3n) is 11.5. The van der Waals surface area contributed by atoms with Crippen molar-refractivity contribution in [2.75, 3.05) is 0 Å². The summed E-state index contributed by atoms with van der Waals surface area (Å²) in [4.78, 5) is 0. The molecule has 0 atom stereocenters. The van der Waals surface area contributed by atoms with E-state index in [1.165, 1.54) is 88.3 Å². The predicted molar refractivity (Wildman–Crippen MR) is 290 cm³/mol.